The highest BCUT2D eigenvalue weighted by Gasteiger charge is 2.29. The smallest absolute Gasteiger partial charge is 0.146 e. The van der Waals surface area contributed by atoms with Crippen molar-refractivity contribution in [1.29, 1.82) is 5.26 Å². The highest BCUT2D eigenvalue weighted by Crippen LogP contribution is 2.37. The first-order valence-electron chi connectivity index (χ1n) is 14.8. The lowest BCUT2D eigenvalue weighted by atomic mass is 9.98. The maximum Gasteiger partial charge on any atom is 0.146 e. The fourth-order valence-corrected chi connectivity index (χ4v) is 6.21. The minimum atomic E-state index is -0.443. The first kappa shape index (κ1) is 30.8. The van der Waals surface area contributed by atoms with Crippen molar-refractivity contribution in [3.63, 3.8) is 0 Å². The van der Waals surface area contributed by atoms with Crippen molar-refractivity contribution in [3.05, 3.63) is 106 Å². The first-order chi connectivity index (χ1) is 21.6. The molecule has 0 saturated carbocycles. The second-order valence-corrected chi connectivity index (χ2v) is 13.1. The van der Waals surface area contributed by atoms with Gasteiger partial charge in [0, 0.05) is 40.9 Å². The van der Waals surface area contributed by atoms with Crippen molar-refractivity contribution in [2.45, 2.75) is 51.2 Å². The highest BCUT2D eigenvalue weighted by atomic mass is 35.5. The van der Waals surface area contributed by atoms with Crippen molar-refractivity contribution in [1.82, 2.24) is 24.9 Å². The zero-order valence-corrected chi connectivity index (χ0v) is 26.7. The average molecular weight is 644 g/mol. The Morgan fingerprint density at radius 3 is 2.47 bits per heavy atom. The molecule has 3 aromatic carbocycles. The van der Waals surface area contributed by atoms with E-state index in [0.29, 0.717) is 32.3 Å². The van der Waals surface area contributed by atoms with Gasteiger partial charge in [0.2, 0.25) is 0 Å². The van der Waals surface area contributed by atoms with E-state index in [9.17, 15) is 9.65 Å². The largest absolute Gasteiger partial charge is 0.373 e. The minimum absolute atomic E-state index is 0.136. The SMILES string of the molecule is CC(C)(C)N1CCC(n2cc([C@@H](Nc3cc(Cl)c4ncc(C#N)c(Nc5ccccc5F)c4c3)c3ccc(Cl)cc3)nn2)CC1. The van der Waals surface area contributed by atoms with Gasteiger partial charge in [-0.15, -0.1) is 5.10 Å². The molecule has 1 saturated heterocycles. The number of hydrogen-bond donors (Lipinski definition) is 2. The Labute approximate surface area is 271 Å². The van der Waals surface area contributed by atoms with Gasteiger partial charge in [-0.05, 0) is 75.6 Å². The number of anilines is 3. The summed E-state index contributed by atoms with van der Waals surface area (Å²) in [5, 5.41) is 27.3. The van der Waals surface area contributed by atoms with Crippen LogP contribution in [-0.2, 0) is 0 Å². The summed E-state index contributed by atoms with van der Waals surface area (Å²) in [6, 6.07) is 19.5. The minimum Gasteiger partial charge on any atom is -0.373 e. The molecule has 230 valence electrons. The normalized spacial score (nSPS) is 15.1. The van der Waals surface area contributed by atoms with E-state index in [2.05, 4.69) is 57.7 Å². The van der Waals surface area contributed by atoms with Gasteiger partial charge in [0.05, 0.1) is 45.8 Å². The summed E-state index contributed by atoms with van der Waals surface area (Å²) in [6.45, 7) is 8.75. The second-order valence-electron chi connectivity index (χ2n) is 12.3. The van der Waals surface area contributed by atoms with Crippen LogP contribution in [0.3, 0.4) is 0 Å². The molecule has 2 N–H and O–H groups in total. The molecule has 5 aromatic rings. The third kappa shape index (κ3) is 6.59. The lowest BCUT2D eigenvalue weighted by Crippen LogP contribution is -2.46. The maximum atomic E-state index is 14.6. The van der Waals surface area contributed by atoms with Crippen molar-refractivity contribution >= 4 is 51.2 Å². The van der Waals surface area contributed by atoms with Crippen molar-refractivity contribution in [2.24, 2.45) is 0 Å². The van der Waals surface area contributed by atoms with E-state index < -0.39 is 11.9 Å². The quantitative estimate of drug-likeness (QED) is 0.184. The summed E-state index contributed by atoms with van der Waals surface area (Å²) >= 11 is 13.0. The van der Waals surface area contributed by atoms with E-state index in [4.69, 9.17) is 23.2 Å². The third-order valence-corrected chi connectivity index (χ3v) is 8.84. The van der Waals surface area contributed by atoms with Crippen LogP contribution in [0.1, 0.15) is 62.5 Å². The molecule has 0 spiro atoms. The number of fused-ring (bicyclic) bond motifs is 1. The molecular weight excluding hydrogens is 610 g/mol. The van der Waals surface area contributed by atoms with Crippen molar-refractivity contribution in [3.8, 4) is 6.07 Å². The molecule has 0 amide bonds. The molecule has 1 aliphatic rings. The zero-order chi connectivity index (χ0) is 31.7. The van der Waals surface area contributed by atoms with Gasteiger partial charge in [-0.2, -0.15) is 5.26 Å². The van der Waals surface area contributed by atoms with Crippen molar-refractivity contribution < 1.29 is 4.39 Å². The topological polar surface area (TPSA) is 94.7 Å². The molecule has 0 bridgehead atoms. The first-order valence-corrected chi connectivity index (χ1v) is 15.6. The molecule has 1 aliphatic heterocycles. The van der Waals surface area contributed by atoms with Gasteiger partial charge in [-0.25, -0.2) is 9.07 Å². The standard InChI is InChI=1S/C34H33Cl2FN8/c1-34(2,3)44-14-12-25(13-15-44)45-20-30(42-43-45)32(21-8-10-23(35)11-9-21)40-24-16-26-31(41-29-7-5-4-6-28(29)37)22(18-38)19-39-33(26)27(36)17-24/h4-11,16-17,19-20,25,32,40H,12-15H2,1-3H3,(H,39,41)/t32-/m0/s1. The van der Waals surface area contributed by atoms with Crippen LogP contribution in [0.4, 0.5) is 21.5 Å². The van der Waals surface area contributed by atoms with Crippen LogP contribution in [0.25, 0.3) is 10.9 Å². The Balaban J connectivity index is 1.36. The van der Waals surface area contributed by atoms with E-state index in [1.807, 2.05) is 41.2 Å². The van der Waals surface area contributed by atoms with Crippen LogP contribution in [-0.4, -0.2) is 43.5 Å². The molecule has 11 heteroatoms. The third-order valence-electron chi connectivity index (χ3n) is 8.30. The van der Waals surface area contributed by atoms with Crippen LogP contribution in [0.5, 0.6) is 0 Å². The Morgan fingerprint density at radius 2 is 1.78 bits per heavy atom. The van der Waals surface area contributed by atoms with E-state index >= 15 is 0 Å². The molecule has 1 atom stereocenters. The summed E-state index contributed by atoms with van der Waals surface area (Å²) in [7, 11) is 0. The molecule has 2 aromatic heterocycles. The van der Waals surface area contributed by atoms with Crippen LogP contribution < -0.4 is 10.6 Å². The molecule has 8 nitrogen and oxygen atoms in total. The predicted octanol–water partition coefficient (Wildman–Crippen LogP) is 8.52. The number of halogens is 3. The molecule has 0 unspecified atom stereocenters. The molecule has 3 heterocycles. The fourth-order valence-electron chi connectivity index (χ4n) is 5.81. The number of para-hydroxylation sites is 1. The van der Waals surface area contributed by atoms with Crippen LogP contribution >= 0.6 is 23.2 Å². The number of hydrogen-bond acceptors (Lipinski definition) is 7. The van der Waals surface area contributed by atoms with Gasteiger partial charge in [0.1, 0.15) is 17.6 Å². The number of benzene rings is 3. The van der Waals surface area contributed by atoms with Gasteiger partial charge < -0.3 is 10.6 Å². The fraction of sp³-hybridized carbons (Fsp3) is 0.294. The number of piperidine rings is 1. The van der Waals surface area contributed by atoms with Gasteiger partial charge in [-0.1, -0.05) is 52.7 Å². The van der Waals surface area contributed by atoms with Crippen LogP contribution in [0, 0.1) is 17.1 Å². The monoisotopic (exact) mass is 642 g/mol. The van der Waals surface area contributed by atoms with Crippen molar-refractivity contribution in [2.75, 3.05) is 23.7 Å². The predicted molar refractivity (Wildman–Crippen MR) is 178 cm³/mol. The summed E-state index contributed by atoms with van der Waals surface area (Å²) in [6.07, 6.45) is 5.43. The molecular formula is C34H33Cl2FN8. The Morgan fingerprint density at radius 1 is 1.04 bits per heavy atom. The van der Waals surface area contributed by atoms with E-state index in [-0.39, 0.29) is 22.8 Å². The van der Waals surface area contributed by atoms with Gasteiger partial charge in [0.25, 0.3) is 0 Å². The second kappa shape index (κ2) is 12.6. The van der Waals surface area contributed by atoms with Gasteiger partial charge in [0.15, 0.2) is 0 Å². The van der Waals surface area contributed by atoms with Gasteiger partial charge >= 0.3 is 0 Å². The van der Waals surface area contributed by atoms with Crippen LogP contribution in [0.2, 0.25) is 10.0 Å². The number of rotatable bonds is 7. The number of nitriles is 1. The molecule has 45 heavy (non-hydrogen) atoms. The number of likely N-dealkylation sites (tertiary alicyclic amines) is 1. The number of nitrogens with zero attached hydrogens (tertiary/aromatic N) is 6. The van der Waals surface area contributed by atoms with E-state index in [0.717, 1.165) is 37.2 Å². The number of aromatic nitrogens is 4. The average Bonchev–Trinajstić information content (AvgIpc) is 3.51. The van der Waals surface area contributed by atoms with E-state index in [1.165, 1.54) is 12.3 Å². The lowest BCUT2D eigenvalue weighted by molar-refractivity contribution is 0.0866. The summed E-state index contributed by atoms with van der Waals surface area (Å²) in [5.41, 5.74) is 3.85. The molecule has 6 rings (SSSR count). The maximum absolute atomic E-state index is 14.6. The summed E-state index contributed by atoms with van der Waals surface area (Å²) in [5.74, 6) is -0.443. The molecule has 0 aliphatic carbocycles. The zero-order valence-electron chi connectivity index (χ0n) is 25.2. The highest BCUT2D eigenvalue weighted by molar-refractivity contribution is 6.36. The Bertz CT molecular complexity index is 1870. The van der Waals surface area contributed by atoms with Gasteiger partial charge in [-0.3, -0.25) is 9.88 Å². The Kier molecular flexibility index (Phi) is 8.65. The van der Waals surface area contributed by atoms with Crippen LogP contribution in [0.15, 0.2) is 73.1 Å². The number of nitrogens with one attached hydrogen (secondary N) is 2. The van der Waals surface area contributed by atoms with E-state index in [1.54, 1.807) is 24.3 Å². The number of pyridine rings is 1. The molecule has 0 radical (unpaired) electrons. The lowest BCUT2D eigenvalue weighted by Gasteiger charge is -2.40. The molecule has 1 fully saturated rings. The summed E-state index contributed by atoms with van der Waals surface area (Å²) < 4.78 is 16.6. The summed E-state index contributed by atoms with van der Waals surface area (Å²) in [4.78, 5) is 6.94. The Hall–Kier alpha value is -4.23.